The van der Waals surface area contributed by atoms with E-state index in [4.69, 9.17) is 0 Å². The molecule has 1 aromatic carbocycles. The van der Waals surface area contributed by atoms with Crippen molar-refractivity contribution >= 4 is 5.91 Å². The number of benzene rings is 1. The fourth-order valence-corrected chi connectivity index (χ4v) is 3.17. The summed E-state index contributed by atoms with van der Waals surface area (Å²) in [6.07, 6.45) is 3.89. The maximum Gasteiger partial charge on any atom is 0.230 e. The third-order valence-corrected chi connectivity index (χ3v) is 4.60. The first kappa shape index (κ1) is 15.0. The Morgan fingerprint density at radius 2 is 2.00 bits per heavy atom. The van der Waals surface area contributed by atoms with E-state index in [-0.39, 0.29) is 11.9 Å². The monoisotopic (exact) mass is 274 g/mol. The van der Waals surface area contributed by atoms with Gasteiger partial charge in [-0.05, 0) is 37.8 Å². The summed E-state index contributed by atoms with van der Waals surface area (Å²) in [5.41, 5.74) is 0.741. The summed E-state index contributed by atoms with van der Waals surface area (Å²) >= 11 is 0. The van der Waals surface area contributed by atoms with E-state index < -0.39 is 5.41 Å². The Balaban J connectivity index is 2.16. The van der Waals surface area contributed by atoms with E-state index in [1.807, 2.05) is 18.2 Å². The van der Waals surface area contributed by atoms with Crippen LogP contribution in [-0.2, 0) is 10.2 Å². The Kier molecular flexibility index (Phi) is 5.18. The molecule has 1 amide bonds. The van der Waals surface area contributed by atoms with Crippen LogP contribution in [0.5, 0.6) is 0 Å². The first-order valence-electron chi connectivity index (χ1n) is 7.80. The molecule has 1 fully saturated rings. The Morgan fingerprint density at radius 3 is 2.55 bits per heavy atom. The van der Waals surface area contributed by atoms with Crippen molar-refractivity contribution in [3.8, 4) is 0 Å². The molecule has 3 nitrogen and oxygen atoms in total. The molecule has 20 heavy (non-hydrogen) atoms. The van der Waals surface area contributed by atoms with Crippen molar-refractivity contribution in [3.63, 3.8) is 0 Å². The molecule has 0 spiro atoms. The molecule has 0 bridgehead atoms. The molecule has 1 aliphatic rings. The fourth-order valence-electron chi connectivity index (χ4n) is 3.17. The Hall–Kier alpha value is -1.35. The number of piperidine rings is 1. The number of rotatable bonds is 5. The van der Waals surface area contributed by atoms with Gasteiger partial charge in [0.15, 0.2) is 0 Å². The molecule has 1 heterocycles. The zero-order valence-electron chi connectivity index (χ0n) is 12.6. The van der Waals surface area contributed by atoms with Gasteiger partial charge >= 0.3 is 0 Å². The highest BCUT2D eigenvalue weighted by atomic mass is 16.2. The summed E-state index contributed by atoms with van der Waals surface area (Å²) in [6.45, 7) is 6.17. The zero-order chi connectivity index (χ0) is 14.4. The van der Waals surface area contributed by atoms with Crippen molar-refractivity contribution in [2.24, 2.45) is 0 Å². The van der Waals surface area contributed by atoms with Gasteiger partial charge in [0.1, 0.15) is 0 Å². The van der Waals surface area contributed by atoms with E-state index in [9.17, 15) is 4.79 Å². The molecule has 1 saturated heterocycles. The number of carbonyl (C=O) groups excluding carboxylic acids is 1. The molecule has 1 aliphatic heterocycles. The summed E-state index contributed by atoms with van der Waals surface area (Å²) in [7, 11) is 0. The summed E-state index contributed by atoms with van der Waals surface area (Å²) in [4.78, 5) is 12.9. The molecular formula is C17H26N2O. The molecule has 3 heteroatoms. The molecule has 1 atom stereocenters. The van der Waals surface area contributed by atoms with Crippen LogP contribution < -0.4 is 10.6 Å². The number of hydrogen-bond donors (Lipinski definition) is 2. The molecule has 2 N–H and O–H groups in total. The summed E-state index contributed by atoms with van der Waals surface area (Å²) in [5, 5.41) is 6.61. The van der Waals surface area contributed by atoms with Crippen LogP contribution in [0.3, 0.4) is 0 Å². The second-order valence-corrected chi connectivity index (χ2v) is 5.67. The normalized spacial score (nSPS) is 19.6. The van der Waals surface area contributed by atoms with Crippen LogP contribution in [0.15, 0.2) is 30.3 Å². The van der Waals surface area contributed by atoms with Gasteiger partial charge in [0.05, 0.1) is 5.41 Å². The van der Waals surface area contributed by atoms with Crippen LogP contribution in [0.1, 0.15) is 45.1 Å². The van der Waals surface area contributed by atoms with Crippen LogP contribution in [0.25, 0.3) is 0 Å². The van der Waals surface area contributed by atoms with Gasteiger partial charge in [-0.1, -0.05) is 44.2 Å². The van der Waals surface area contributed by atoms with E-state index in [2.05, 4.69) is 36.6 Å². The standard InChI is InChI=1S/C17H26N2O/c1-3-17(4-2,14-9-6-5-7-10-14)16(20)19-15-11-8-12-18-13-15/h5-7,9-10,15,18H,3-4,8,11-13H2,1-2H3,(H,19,20)/t15-/m0/s1. The highest BCUT2D eigenvalue weighted by Crippen LogP contribution is 2.32. The SMILES string of the molecule is CCC(CC)(C(=O)N[C@H]1CCCNC1)c1ccccc1. The topological polar surface area (TPSA) is 41.1 Å². The maximum atomic E-state index is 12.9. The molecule has 0 unspecified atom stereocenters. The molecule has 1 aromatic rings. The quantitative estimate of drug-likeness (QED) is 0.866. The first-order chi connectivity index (χ1) is 9.73. The predicted molar refractivity (Wildman–Crippen MR) is 82.7 cm³/mol. The predicted octanol–water partition coefficient (Wildman–Crippen LogP) is 2.61. The van der Waals surface area contributed by atoms with Gasteiger partial charge in [-0.15, -0.1) is 0 Å². The van der Waals surface area contributed by atoms with Crippen LogP contribution in [0, 0.1) is 0 Å². The van der Waals surface area contributed by atoms with Crippen LogP contribution in [-0.4, -0.2) is 25.0 Å². The zero-order valence-corrected chi connectivity index (χ0v) is 12.6. The van der Waals surface area contributed by atoms with Gasteiger partial charge in [0, 0.05) is 12.6 Å². The second-order valence-electron chi connectivity index (χ2n) is 5.67. The Morgan fingerprint density at radius 1 is 1.30 bits per heavy atom. The van der Waals surface area contributed by atoms with E-state index in [0.717, 1.165) is 44.3 Å². The van der Waals surface area contributed by atoms with E-state index >= 15 is 0 Å². The summed E-state index contributed by atoms with van der Waals surface area (Å²) in [5.74, 6) is 0.183. The average molecular weight is 274 g/mol. The fraction of sp³-hybridized carbons (Fsp3) is 0.588. The third kappa shape index (κ3) is 3.04. The minimum atomic E-state index is -0.390. The lowest BCUT2D eigenvalue weighted by molar-refractivity contribution is -0.128. The van der Waals surface area contributed by atoms with Crippen LogP contribution >= 0.6 is 0 Å². The highest BCUT2D eigenvalue weighted by Gasteiger charge is 2.37. The molecule has 0 aliphatic carbocycles. The van der Waals surface area contributed by atoms with Gasteiger partial charge < -0.3 is 10.6 Å². The Labute approximate surface area is 122 Å². The van der Waals surface area contributed by atoms with Gasteiger partial charge in [0.2, 0.25) is 5.91 Å². The largest absolute Gasteiger partial charge is 0.351 e. The van der Waals surface area contributed by atoms with E-state index in [0.29, 0.717) is 0 Å². The van der Waals surface area contributed by atoms with Gasteiger partial charge in [0.25, 0.3) is 0 Å². The third-order valence-electron chi connectivity index (χ3n) is 4.60. The van der Waals surface area contributed by atoms with Crippen molar-refractivity contribution in [2.45, 2.75) is 51.0 Å². The highest BCUT2D eigenvalue weighted by molar-refractivity contribution is 5.88. The van der Waals surface area contributed by atoms with Crippen LogP contribution in [0.4, 0.5) is 0 Å². The smallest absolute Gasteiger partial charge is 0.230 e. The molecule has 0 radical (unpaired) electrons. The molecule has 0 saturated carbocycles. The van der Waals surface area contributed by atoms with E-state index in [1.165, 1.54) is 0 Å². The van der Waals surface area contributed by atoms with Crippen molar-refractivity contribution < 1.29 is 4.79 Å². The minimum absolute atomic E-state index is 0.183. The second kappa shape index (κ2) is 6.89. The maximum absolute atomic E-state index is 12.9. The van der Waals surface area contributed by atoms with Crippen molar-refractivity contribution in [2.75, 3.05) is 13.1 Å². The van der Waals surface area contributed by atoms with Crippen molar-refractivity contribution in [3.05, 3.63) is 35.9 Å². The van der Waals surface area contributed by atoms with Crippen LogP contribution in [0.2, 0.25) is 0 Å². The number of hydrogen-bond acceptors (Lipinski definition) is 2. The lowest BCUT2D eigenvalue weighted by Gasteiger charge is -2.34. The van der Waals surface area contributed by atoms with Crippen molar-refractivity contribution in [1.82, 2.24) is 10.6 Å². The van der Waals surface area contributed by atoms with Gasteiger partial charge in [-0.2, -0.15) is 0 Å². The van der Waals surface area contributed by atoms with Gasteiger partial charge in [-0.3, -0.25) is 4.79 Å². The van der Waals surface area contributed by atoms with Gasteiger partial charge in [-0.25, -0.2) is 0 Å². The number of carbonyl (C=O) groups is 1. The molecule has 2 rings (SSSR count). The average Bonchev–Trinajstić information content (AvgIpc) is 2.51. The Bertz CT molecular complexity index is 420. The first-order valence-corrected chi connectivity index (χ1v) is 7.80. The van der Waals surface area contributed by atoms with Crippen molar-refractivity contribution in [1.29, 1.82) is 0 Å². The lowest BCUT2D eigenvalue weighted by Crippen LogP contribution is -2.52. The number of amides is 1. The molecular weight excluding hydrogens is 248 g/mol. The lowest BCUT2D eigenvalue weighted by atomic mass is 9.75. The van der Waals surface area contributed by atoms with E-state index in [1.54, 1.807) is 0 Å². The minimum Gasteiger partial charge on any atom is -0.351 e. The summed E-state index contributed by atoms with van der Waals surface area (Å²) < 4.78 is 0. The number of nitrogens with one attached hydrogen (secondary N) is 2. The molecule has 0 aromatic heterocycles. The summed E-state index contributed by atoms with van der Waals surface area (Å²) in [6, 6.07) is 10.5. The molecule has 110 valence electrons.